The third kappa shape index (κ3) is 5.49. The molecule has 1 atom stereocenters. The molecule has 0 spiro atoms. The summed E-state index contributed by atoms with van der Waals surface area (Å²) in [5.74, 6) is 3.73. The summed E-state index contributed by atoms with van der Waals surface area (Å²) in [4.78, 5) is 13.0. The van der Waals surface area contributed by atoms with Crippen molar-refractivity contribution in [2.24, 2.45) is 0 Å². The Morgan fingerprint density at radius 1 is 0.828 bits per heavy atom. The second-order valence-corrected chi connectivity index (χ2v) is 14.7. The molecule has 154 valence electrons. The lowest BCUT2D eigenvalue weighted by atomic mass is 9.92. The molecule has 2 aromatic rings. The molecule has 0 aliphatic heterocycles. The van der Waals surface area contributed by atoms with Crippen molar-refractivity contribution in [3.8, 4) is 11.5 Å². The molecule has 0 fully saturated rings. The third-order valence-corrected chi connectivity index (χ3v) is 12.6. The Morgan fingerprint density at radius 3 is 1.83 bits per heavy atom. The van der Waals surface area contributed by atoms with E-state index in [2.05, 4.69) is 84.2 Å². The Bertz CT molecular complexity index is 829. The van der Waals surface area contributed by atoms with Gasteiger partial charge in [0, 0.05) is 12.0 Å². The predicted molar refractivity (Wildman–Crippen MR) is 128 cm³/mol. The molecule has 0 aromatic heterocycles. The van der Waals surface area contributed by atoms with Crippen LogP contribution in [0.4, 0.5) is 0 Å². The number of benzene rings is 2. The highest BCUT2D eigenvalue weighted by Crippen LogP contribution is 2.41. The minimum Gasteiger partial charge on any atom is -0.294 e. The van der Waals surface area contributed by atoms with Gasteiger partial charge in [0.2, 0.25) is 0 Å². The van der Waals surface area contributed by atoms with Crippen molar-refractivity contribution in [2.45, 2.75) is 77.4 Å². The van der Waals surface area contributed by atoms with E-state index in [1.807, 2.05) is 30.3 Å². The van der Waals surface area contributed by atoms with Crippen LogP contribution >= 0.6 is 0 Å². The molecular formula is C27H36OSi. The first-order chi connectivity index (χ1) is 13.7. The van der Waals surface area contributed by atoms with Gasteiger partial charge in [0.25, 0.3) is 0 Å². The van der Waals surface area contributed by atoms with E-state index in [9.17, 15) is 4.79 Å². The van der Waals surface area contributed by atoms with Crippen LogP contribution in [-0.4, -0.2) is 13.9 Å². The molecule has 1 nitrogen and oxygen atoms in total. The lowest BCUT2D eigenvalue weighted by Gasteiger charge is -2.38. The third-order valence-electron chi connectivity index (χ3n) is 6.29. The summed E-state index contributed by atoms with van der Waals surface area (Å²) < 4.78 is 0. The number of carbonyl (C=O) groups is 1. The van der Waals surface area contributed by atoms with Gasteiger partial charge < -0.3 is 0 Å². The fraction of sp³-hybridized carbons (Fsp3) is 0.444. The van der Waals surface area contributed by atoms with E-state index in [1.165, 1.54) is 5.56 Å². The van der Waals surface area contributed by atoms with Crippen LogP contribution in [0.25, 0.3) is 0 Å². The summed E-state index contributed by atoms with van der Waals surface area (Å²) in [6, 6.07) is 18.1. The van der Waals surface area contributed by atoms with Crippen molar-refractivity contribution in [1.29, 1.82) is 0 Å². The second kappa shape index (κ2) is 10.1. The maximum Gasteiger partial charge on any atom is 0.164 e. The van der Waals surface area contributed by atoms with E-state index < -0.39 is 8.07 Å². The van der Waals surface area contributed by atoms with Crippen LogP contribution in [0, 0.1) is 18.4 Å². The summed E-state index contributed by atoms with van der Waals surface area (Å²) in [5, 5.41) is 0. The van der Waals surface area contributed by atoms with Crippen molar-refractivity contribution in [3.63, 3.8) is 0 Å². The van der Waals surface area contributed by atoms with Gasteiger partial charge in [-0.2, -0.15) is 0 Å². The van der Waals surface area contributed by atoms with Crippen LogP contribution < -0.4 is 0 Å². The number of hydrogen-bond acceptors (Lipinski definition) is 1. The molecule has 2 rings (SSSR count). The quantitative estimate of drug-likeness (QED) is 0.264. The normalized spacial score (nSPS) is 12.8. The van der Waals surface area contributed by atoms with Crippen molar-refractivity contribution < 1.29 is 4.79 Å². The molecule has 0 heterocycles. The van der Waals surface area contributed by atoms with Crippen LogP contribution in [0.2, 0.25) is 16.6 Å². The number of ketones is 1. The van der Waals surface area contributed by atoms with Crippen molar-refractivity contribution in [3.05, 3.63) is 71.3 Å². The Labute approximate surface area is 179 Å². The van der Waals surface area contributed by atoms with Gasteiger partial charge in [-0.05, 0) is 29.1 Å². The predicted octanol–water partition coefficient (Wildman–Crippen LogP) is 7.57. The fourth-order valence-corrected chi connectivity index (χ4v) is 9.91. The number of aryl methyl sites for hydroxylation is 1. The van der Waals surface area contributed by atoms with Crippen molar-refractivity contribution in [1.82, 2.24) is 0 Å². The molecule has 2 aromatic carbocycles. The van der Waals surface area contributed by atoms with Gasteiger partial charge in [0.15, 0.2) is 5.78 Å². The molecule has 0 saturated carbocycles. The standard InChI is InChI=1S/C27H36OSi/c1-20(2)29(21(3)4,22(5)6)18-17-26(24-15-13-23(7)14-16-24)19-27(28)25-11-9-8-10-12-25/h8-16,20-22,26H,19H2,1-7H3. The zero-order chi connectivity index (χ0) is 21.6. The van der Waals surface area contributed by atoms with E-state index in [1.54, 1.807) is 0 Å². The molecule has 0 saturated heterocycles. The van der Waals surface area contributed by atoms with Crippen LogP contribution in [0.3, 0.4) is 0 Å². The van der Waals surface area contributed by atoms with Gasteiger partial charge in [-0.1, -0.05) is 102 Å². The average Bonchev–Trinajstić information content (AvgIpc) is 2.68. The highest BCUT2D eigenvalue weighted by Gasteiger charge is 2.41. The van der Waals surface area contributed by atoms with Gasteiger partial charge in [-0.15, -0.1) is 11.5 Å². The van der Waals surface area contributed by atoms with Crippen LogP contribution in [0.15, 0.2) is 54.6 Å². The lowest BCUT2D eigenvalue weighted by molar-refractivity contribution is 0.0979. The van der Waals surface area contributed by atoms with Gasteiger partial charge in [0.1, 0.15) is 8.07 Å². The largest absolute Gasteiger partial charge is 0.294 e. The summed E-state index contributed by atoms with van der Waals surface area (Å²) in [7, 11) is -1.84. The van der Waals surface area contributed by atoms with E-state index in [4.69, 9.17) is 0 Å². The molecule has 29 heavy (non-hydrogen) atoms. The number of rotatable bonds is 7. The SMILES string of the molecule is Cc1ccc(C(C#C[Si](C(C)C)(C(C)C)C(C)C)CC(=O)c2ccccc2)cc1. The first-order valence-corrected chi connectivity index (χ1v) is 13.1. The Kier molecular flexibility index (Phi) is 8.05. The van der Waals surface area contributed by atoms with Crippen molar-refractivity contribution in [2.75, 3.05) is 0 Å². The Hall–Kier alpha value is -2.11. The molecule has 0 aliphatic carbocycles. The first kappa shape index (κ1) is 23.2. The Morgan fingerprint density at radius 2 is 1.34 bits per heavy atom. The van der Waals surface area contributed by atoms with Crippen molar-refractivity contribution >= 4 is 13.9 Å². The van der Waals surface area contributed by atoms with E-state index in [0.717, 1.165) is 11.1 Å². The summed E-state index contributed by atoms with van der Waals surface area (Å²) >= 11 is 0. The van der Waals surface area contributed by atoms with E-state index >= 15 is 0 Å². The molecule has 0 N–H and O–H groups in total. The number of Topliss-reactive ketones (excluding diaryl/α,β-unsaturated/α-hetero) is 1. The highest BCUT2D eigenvalue weighted by atomic mass is 28.3. The lowest BCUT2D eigenvalue weighted by Crippen LogP contribution is -2.43. The topological polar surface area (TPSA) is 17.1 Å². The van der Waals surface area contributed by atoms with Gasteiger partial charge in [-0.3, -0.25) is 4.79 Å². The molecular weight excluding hydrogens is 368 g/mol. The van der Waals surface area contributed by atoms with E-state index in [0.29, 0.717) is 23.0 Å². The molecule has 0 amide bonds. The molecule has 0 radical (unpaired) electrons. The minimum absolute atomic E-state index is 0.0635. The highest BCUT2D eigenvalue weighted by molar-refractivity contribution is 6.90. The maximum atomic E-state index is 13.0. The van der Waals surface area contributed by atoms with E-state index in [-0.39, 0.29) is 11.7 Å². The van der Waals surface area contributed by atoms with Gasteiger partial charge in [-0.25, -0.2) is 0 Å². The maximum absolute atomic E-state index is 13.0. The van der Waals surface area contributed by atoms with Crippen LogP contribution in [0.1, 0.15) is 75.4 Å². The molecule has 2 heteroatoms. The number of carbonyl (C=O) groups excluding carboxylic acids is 1. The number of hydrogen-bond donors (Lipinski definition) is 0. The van der Waals surface area contributed by atoms with Crippen LogP contribution in [0.5, 0.6) is 0 Å². The second-order valence-electron chi connectivity index (χ2n) is 9.12. The molecule has 1 unspecified atom stereocenters. The smallest absolute Gasteiger partial charge is 0.164 e. The zero-order valence-corrected chi connectivity index (χ0v) is 20.1. The summed E-state index contributed by atoms with van der Waals surface area (Å²) in [6.45, 7) is 16.1. The van der Waals surface area contributed by atoms with Crippen LogP contribution in [-0.2, 0) is 0 Å². The summed E-state index contributed by atoms with van der Waals surface area (Å²) in [6.07, 6.45) is 0.429. The average molecular weight is 405 g/mol. The fourth-order valence-electron chi connectivity index (χ4n) is 4.62. The molecule has 0 bridgehead atoms. The first-order valence-electron chi connectivity index (χ1n) is 10.9. The molecule has 0 aliphatic rings. The van der Waals surface area contributed by atoms with Gasteiger partial charge in [0.05, 0.1) is 5.92 Å². The monoisotopic (exact) mass is 404 g/mol. The Balaban J connectivity index is 2.47. The summed E-state index contributed by atoms with van der Waals surface area (Å²) in [5.41, 5.74) is 8.73. The van der Waals surface area contributed by atoms with Gasteiger partial charge >= 0.3 is 0 Å². The zero-order valence-electron chi connectivity index (χ0n) is 19.1. The minimum atomic E-state index is -1.84.